The van der Waals surface area contributed by atoms with Crippen LogP contribution < -0.4 is 30.7 Å². The second-order valence-corrected chi connectivity index (χ2v) is 12.6. The van der Waals surface area contributed by atoms with Crippen LogP contribution in [0.3, 0.4) is 0 Å². The molecule has 0 spiro atoms. The summed E-state index contributed by atoms with van der Waals surface area (Å²) in [7, 11) is 3.05. The van der Waals surface area contributed by atoms with Gasteiger partial charge in [0, 0.05) is 60.1 Å². The molecule has 2 aliphatic heterocycles. The zero-order valence-corrected chi connectivity index (χ0v) is 29.3. The fourth-order valence-corrected chi connectivity index (χ4v) is 6.12. The standard InChI is InChI=1S/C38H40N6O8/c1-21-27(7-5-9-29(21)43-37(47)31-13-33(49-3)23(17-41-31)15-39-25-11-35(45)51-19-25)28-8-6-10-30(22(28)2)44-38(48)32-14-34(50-4)24(18-42-32)16-40-26-12-36(46)52-20-26/h5-10,13-14,17-18,25-26,39-40H,11-12,15-16,19-20H2,1-4H3,(H,43,47)(H,44,48)/t25-,26-/m0/s1. The molecule has 2 aromatic heterocycles. The number of ether oxygens (including phenoxy) is 4. The summed E-state index contributed by atoms with van der Waals surface area (Å²) in [5.41, 5.74) is 6.46. The monoisotopic (exact) mass is 708 g/mol. The van der Waals surface area contributed by atoms with Crippen molar-refractivity contribution in [1.29, 1.82) is 0 Å². The van der Waals surface area contributed by atoms with E-state index in [9.17, 15) is 19.2 Å². The van der Waals surface area contributed by atoms with Gasteiger partial charge in [-0.1, -0.05) is 24.3 Å². The van der Waals surface area contributed by atoms with E-state index in [4.69, 9.17) is 18.9 Å². The van der Waals surface area contributed by atoms with E-state index in [1.165, 1.54) is 14.2 Å². The summed E-state index contributed by atoms with van der Waals surface area (Å²) in [5, 5.41) is 12.5. The zero-order valence-electron chi connectivity index (χ0n) is 29.3. The molecule has 0 bridgehead atoms. The van der Waals surface area contributed by atoms with Crippen molar-refractivity contribution in [1.82, 2.24) is 20.6 Å². The Morgan fingerprint density at radius 2 is 1.13 bits per heavy atom. The number of nitrogens with zero attached hydrogens (tertiary/aromatic N) is 2. The predicted molar refractivity (Wildman–Crippen MR) is 191 cm³/mol. The van der Waals surface area contributed by atoms with Gasteiger partial charge in [-0.05, 0) is 48.2 Å². The lowest BCUT2D eigenvalue weighted by atomic mass is 9.94. The van der Waals surface area contributed by atoms with Crippen molar-refractivity contribution in [2.24, 2.45) is 0 Å². The van der Waals surface area contributed by atoms with Crippen LogP contribution >= 0.6 is 0 Å². The molecule has 6 rings (SSSR count). The predicted octanol–water partition coefficient (Wildman–Crippen LogP) is 4.09. The Morgan fingerprint density at radius 3 is 1.50 bits per heavy atom. The Bertz CT molecular complexity index is 1870. The summed E-state index contributed by atoms with van der Waals surface area (Å²) in [6.45, 7) is 5.26. The summed E-state index contributed by atoms with van der Waals surface area (Å²) in [6, 6.07) is 14.3. The normalized spacial score (nSPS) is 16.6. The first-order valence-electron chi connectivity index (χ1n) is 16.8. The van der Waals surface area contributed by atoms with E-state index in [-0.39, 0.29) is 35.4 Å². The van der Waals surface area contributed by atoms with E-state index in [0.29, 0.717) is 62.0 Å². The minimum Gasteiger partial charge on any atom is -0.496 e. The van der Waals surface area contributed by atoms with Crippen molar-refractivity contribution in [3.8, 4) is 22.6 Å². The van der Waals surface area contributed by atoms with E-state index in [2.05, 4.69) is 31.2 Å². The van der Waals surface area contributed by atoms with Crippen LogP contribution in [0.2, 0.25) is 0 Å². The van der Waals surface area contributed by atoms with Gasteiger partial charge >= 0.3 is 11.9 Å². The molecule has 0 radical (unpaired) electrons. The number of carbonyl (C=O) groups is 4. The van der Waals surface area contributed by atoms with E-state index in [1.54, 1.807) is 24.5 Å². The fraction of sp³-hybridized carbons (Fsp3) is 0.316. The number of carbonyl (C=O) groups excluding carboxylic acids is 4. The summed E-state index contributed by atoms with van der Waals surface area (Å²) in [4.78, 5) is 58.3. The third-order valence-electron chi connectivity index (χ3n) is 9.13. The van der Waals surface area contributed by atoms with Crippen LogP contribution in [0.4, 0.5) is 11.4 Å². The number of esters is 2. The van der Waals surface area contributed by atoms with Gasteiger partial charge in [-0.15, -0.1) is 0 Å². The van der Waals surface area contributed by atoms with Crippen LogP contribution in [-0.2, 0) is 32.2 Å². The number of cyclic esters (lactones) is 2. The Balaban J connectivity index is 1.13. The minimum absolute atomic E-state index is 0.0869. The number of nitrogens with one attached hydrogen (secondary N) is 4. The lowest BCUT2D eigenvalue weighted by Crippen LogP contribution is -2.29. The number of pyridine rings is 2. The number of benzene rings is 2. The van der Waals surface area contributed by atoms with Gasteiger partial charge in [0.1, 0.15) is 36.1 Å². The first-order chi connectivity index (χ1) is 25.1. The molecule has 4 N–H and O–H groups in total. The Hall–Kier alpha value is -5.86. The SMILES string of the molecule is COc1cc(C(=O)Nc2cccc(-c3cccc(NC(=O)c4cc(OC)c(CN[C@@H]5COC(=O)C5)cn4)c3C)c2C)ncc1CN[C@@H]1COC(=O)C1. The van der Waals surface area contributed by atoms with Gasteiger partial charge in [0.15, 0.2) is 0 Å². The van der Waals surface area contributed by atoms with Crippen molar-refractivity contribution in [2.75, 3.05) is 38.1 Å². The first-order valence-corrected chi connectivity index (χ1v) is 16.8. The quantitative estimate of drug-likeness (QED) is 0.147. The van der Waals surface area contributed by atoms with Gasteiger partial charge in [0.05, 0.1) is 39.1 Å². The molecular weight excluding hydrogens is 668 g/mol. The number of hydrogen-bond donors (Lipinski definition) is 4. The van der Waals surface area contributed by atoms with Crippen molar-refractivity contribution in [3.63, 3.8) is 0 Å². The summed E-state index contributed by atoms with van der Waals surface area (Å²) < 4.78 is 21.1. The van der Waals surface area contributed by atoms with Crippen LogP contribution in [0.5, 0.6) is 11.5 Å². The maximum absolute atomic E-state index is 13.4. The highest BCUT2D eigenvalue weighted by Gasteiger charge is 2.25. The van der Waals surface area contributed by atoms with Gasteiger partial charge < -0.3 is 40.2 Å². The summed E-state index contributed by atoms with van der Waals surface area (Å²) in [6.07, 6.45) is 3.77. The van der Waals surface area contributed by atoms with Crippen LogP contribution in [0.1, 0.15) is 56.1 Å². The molecule has 2 saturated heterocycles. The van der Waals surface area contributed by atoms with Gasteiger partial charge in [-0.25, -0.2) is 0 Å². The highest BCUT2D eigenvalue weighted by atomic mass is 16.5. The fourth-order valence-electron chi connectivity index (χ4n) is 6.12. The number of rotatable bonds is 13. The molecule has 2 fully saturated rings. The molecule has 0 unspecified atom stereocenters. The topological polar surface area (TPSA) is 179 Å². The number of anilines is 2. The average Bonchev–Trinajstić information content (AvgIpc) is 3.78. The molecule has 4 heterocycles. The van der Waals surface area contributed by atoms with E-state index in [0.717, 1.165) is 33.4 Å². The molecule has 2 atom stereocenters. The van der Waals surface area contributed by atoms with E-state index >= 15 is 0 Å². The minimum atomic E-state index is -0.405. The molecule has 2 aromatic carbocycles. The Kier molecular flexibility index (Phi) is 11.1. The zero-order chi connectivity index (χ0) is 36.8. The third-order valence-corrected chi connectivity index (χ3v) is 9.13. The molecule has 14 heteroatoms. The lowest BCUT2D eigenvalue weighted by Gasteiger charge is -2.17. The number of aromatic nitrogens is 2. The molecule has 4 aromatic rings. The highest BCUT2D eigenvalue weighted by molar-refractivity contribution is 6.05. The molecule has 0 saturated carbocycles. The number of hydrogen-bond acceptors (Lipinski definition) is 12. The maximum atomic E-state index is 13.4. The smallest absolute Gasteiger partial charge is 0.307 e. The Morgan fingerprint density at radius 1 is 0.712 bits per heavy atom. The van der Waals surface area contributed by atoms with Gasteiger partial charge in [0.2, 0.25) is 0 Å². The first kappa shape index (κ1) is 35.9. The molecule has 2 aliphatic rings. The molecule has 52 heavy (non-hydrogen) atoms. The molecule has 14 nitrogen and oxygen atoms in total. The summed E-state index contributed by atoms with van der Waals surface area (Å²) in [5.74, 6) is -0.291. The largest absolute Gasteiger partial charge is 0.496 e. The second-order valence-electron chi connectivity index (χ2n) is 12.6. The highest BCUT2D eigenvalue weighted by Crippen LogP contribution is 2.34. The number of amides is 2. The van der Waals surface area contributed by atoms with E-state index in [1.807, 2.05) is 50.2 Å². The number of methoxy groups -OCH3 is 2. The average molecular weight is 709 g/mol. The molecule has 0 aliphatic carbocycles. The van der Waals surface area contributed by atoms with E-state index < -0.39 is 11.8 Å². The van der Waals surface area contributed by atoms with Crippen LogP contribution in [0.15, 0.2) is 60.9 Å². The van der Waals surface area contributed by atoms with Crippen LogP contribution in [0.25, 0.3) is 11.1 Å². The van der Waals surface area contributed by atoms with Gasteiger partial charge in [-0.2, -0.15) is 0 Å². The van der Waals surface area contributed by atoms with Crippen molar-refractivity contribution < 1.29 is 38.1 Å². The van der Waals surface area contributed by atoms with Gasteiger partial charge in [-0.3, -0.25) is 29.1 Å². The molecular formula is C38H40N6O8. The van der Waals surface area contributed by atoms with Crippen molar-refractivity contribution in [2.45, 2.75) is 51.9 Å². The summed E-state index contributed by atoms with van der Waals surface area (Å²) >= 11 is 0. The van der Waals surface area contributed by atoms with Crippen LogP contribution in [-0.4, -0.2) is 73.2 Å². The second kappa shape index (κ2) is 16.0. The van der Waals surface area contributed by atoms with Crippen molar-refractivity contribution in [3.05, 3.63) is 94.6 Å². The van der Waals surface area contributed by atoms with Crippen molar-refractivity contribution >= 4 is 35.1 Å². The third kappa shape index (κ3) is 8.19. The lowest BCUT2D eigenvalue weighted by molar-refractivity contribution is -0.138. The maximum Gasteiger partial charge on any atom is 0.307 e. The van der Waals surface area contributed by atoms with Gasteiger partial charge in [0.25, 0.3) is 11.8 Å². The molecule has 270 valence electrons. The van der Waals surface area contributed by atoms with Crippen LogP contribution in [0, 0.1) is 13.8 Å². The Labute approximate surface area is 300 Å². The molecule has 2 amide bonds.